The van der Waals surface area contributed by atoms with Gasteiger partial charge in [-0.2, -0.15) is 0 Å². The minimum absolute atomic E-state index is 0.352. The first-order chi connectivity index (χ1) is 15.1. The number of guanidine groups is 1. The minimum Gasteiger partial charge on any atom is -0.439 e. The highest BCUT2D eigenvalue weighted by Crippen LogP contribution is 2.22. The first-order valence-electron chi connectivity index (χ1n) is 10.4. The Balaban J connectivity index is 1.48. The van der Waals surface area contributed by atoms with E-state index in [1.807, 2.05) is 12.1 Å². The summed E-state index contributed by atoms with van der Waals surface area (Å²) in [6, 6.07) is 11.6. The van der Waals surface area contributed by atoms with Crippen LogP contribution in [0.4, 0.5) is 4.39 Å². The number of hydrogen-bond acceptors (Lipinski definition) is 5. The fourth-order valence-corrected chi connectivity index (χ4v) is 3.12. The van der Waals surface area contributed by atoms with Gasteiger partial charge in [-0.25, -0.2) is 9.37 Å². The Morgan fingerprint density at radius 1 is 1.13 bits per heavy atom. The fraction of sp³-hybridized carbons (Fsp3) is 0.348. The monoisotopic (exact) mass is 425 g/mol. The molecule has 8 heteroatoms. The van der Waals surface area contributed by atoms with E-state index >= 15 is 0 Å². The molecule has 2 aromatic heterocycles. The summed E-state index contributed by atoms with van der Waals surface area (Å²) in [5, 5.41) is 10.6. The topological polar surface area (TPSA) is 84.6 Å². The van der Waals surface area contributed by atoms with Crippen molar-refractivity contribution >= 4 is 5.96 Å². The standard InChI is InChI=1S/C23H28FN5O2/c1-4-17(5-2)21-12-20(31-29-21)15-28-23(25-3)27-14-16-9-10-22(26-13-16)30-19-8-6-7-18(24)11-19/h6-13,17H,4-5,14-15H2,1-3H3,(H2,25,27,28). The van der Waals surface area contributed by atoms with E-state index in [1.165, 1.54) is 12.1 Å². The van der Waals surface area contributed by atoms with E-state index in [9.17, 15) is 4.39 Å². The van der Waals surface area contributed by atoms with Crippen molar-refractivity contribution in [1.29, 1.82) is 0 Å². The summed E-state index contributed by atoms with van der Waals surface area (Å²) in [5.41, 5.74) is 1.95. The largest absolute Gasteiger partial charge is 0.439 e. The second kappa shape index (κ2) is 11.1. The van der Waals surface area contributed by atoms with Gasteiger partial charge in [-0.3, -0.25) is 4.99 Å². The Morgan fingerprint density at radius 2 is 1.94 bits per heavy atom. The maximum atomic E-state index is 13.2. The summed E-state index contributed by atoms with van der Waals surface area (Å²) in [4.78, 5) is 8.49. The molecule has 0 saturated carbocycles. The summed E-state index contributed by atoms with van der Waals surface area (Å²) < 4.78 is 24.2. The number of benzene rings is 1. The van der Waals surface area contributed by atoms with Gasteiger partial charge in [0, 0.05) is 43.9 Å². The predicted octanol–water partition coefficient (Wildman–Crippen LogP) is 4.77. The molecular formula is C23H28FN5O2. The molecule has 7 nitrogen and oxygen atoms in total. The summed E-state index contributed by atoms with van der Waals surface area (Å²) in [6.07, 6.45) is 3.78. The van der Waals surface area contributed by atoms with Crippen LogP contribution in [-0.4, -0.2) is 23.1 Å². The summed E-state index contributed by atoms with van der Waals surface area (Å²) in [5.74, 6) is 2.29. The van der Waals surface area contributed by atoms with Gasteiger partial charge in [0.05, 0.1) is 12.2 Å². The number of pyridine rings is 1. The van der Waals surface area contributed by atoms with Crippen LogP contribution >= 0.6 is 0 Å². The molecule has 0 saturated heterocycles. The fourth-order valence-electron chi connectivity index (χ4n) is 3.12. The van der Waals surface area contributed by atoms with Crippen molar-refractivity contribution < 1.29 is 13.7 Å². The molecule has 0 aliphatic rings. The van der Waals surface area contributed by atoms with Crippen LogP contribution < -0.4 is 15.4 Å². The lowest BCUT2D eigenvalue weighted by atomic mass is 9.99. The van der Waals surface area contributed by atoms with Crippen molar-refractivity contribution in [3.05, 3.63) is 71.5 Å². The molecule has 0 bridgehead atoms. The summed E-state index contributed by atoms with van der Waals surface area (Å²) >= 11 is 0. The lowest BCUT2D eigenvalue weighted by molar-refractivity contribution is 0.368. The molecular weight excluding hydrogens is 397 g/mol. The maximum absolute atomic E-state index is 13.2. The molecule has 0 fully saturated rings. The summed E-state index contributed by atoms with van der Waals surface area (Å²) in [6.45, 7) is 5.33. The normalized spacial score (nSPS) is 11.6. The lowest BCUT2D eigenvalue weighted by Crippen LogP contribution is -2.36. The van der Waals surface area contributed by atoms with Crippen molar-refractivity contribution in [2.24, 2.45) is 4.99 Å². The van der Waals surface area contributed by atoms with Crippen molar-refractivity contribution in [3.8, 4) is 11.6 Å². The second-order valence-corrected chi connectivity index (χ2v) is 7.07. The van der Waals surface area contributed by atoms with Crippen LogP contribution in [-0.2, 0) is 13.1 Å². The Kier molecular flexibility index (Phi) is 7.98. The molecule has 0 atom stereocenters. The third-order valence-corrected chi connectivity index (χ3v) is 4.91. The second-order valence-electron chi connectivity index (χ2n) is 7.07. The predicted molar refractivity (Wildman–Crippen MR) is 118 cm³/mol. The molecule has 2 N–H and O–H groups in total. The Labute approximate surface area is 181 Å². The summed E-state index contributed by atoms with van der Waals surface area (Å²) in [7, 11) is 1.71. The highest BCUT2D eigenvalue weighted by molar-refractivity contribution is 5.79. The molecule has 3 aromatic rings. The molecule has 0 unspecified atom stereocenters. The maximum Gasteiger partial charge on any atom is 0.219 e. The molecule has 164 valence electrons. The third kappa shape index (κ3) is 6.53. The molecule has 3 rings (SSSR count). The number of nitrogens with one attached hydrogen (secondary N) is 2. The Hall–Kier alpha value is -3.42. The molecule has 0 aliphatic carbocycles. The number of aliphatic imine (C=N–C) groups is 1. The van der Waals surface area contributed by atoms with E-state index in [2.05, 4.69) is 39.6 Å². The first kappa shape index (κ1) is 22.3. The van der Waals surface area contributed by atoms with E-state index in [4.69, 9.17) is 9.26 Å². The van der Waals surface area contributed by atoms with Crippen LogP contribution in [0, 0.1) is 5.82 Å². The van der Waals surface area contributed by atoms with Gasteiger partial charge < -0.3 is 19.9 Å². The van der Waals surface area contributed by atoms with E-state index in [1.54, 1.807) is 31.4 Å². The zero-order chi connectivity index (χ0) is 22.1. The minimum atomic E-state index is -0.352. The van der Waals surface area contributed by atoms with Crippen LogP contribution in [0.2, 0.25) is 0 Å². The average molecular weight is 426 g/mol. The van der Waals surface area contributed by atoms with Gasteiger partial charge in [-0.1, -0.05) is 31.1 Å². The number of halogens is 1. The number of nitrogens with zero attached hydrogens (tertiary/aromatic N) is 3. The molecule has 31 heavy (non-hydrogen) atoms. The van der Waals surface area contributed by atoms with E-state index in [-0.39, 0.29) is 5.82 Å². The van der Waals surface area contributed by atoms with Crippen molar-refractivity contribution in [2.45, 2.75) is 45.7 Å². The smallest absolute Gasteiger partial charge is 0.219 e. The zero-order valence-corrected chi connectivity index (χ0v) is 18.1. The first-order valence-corrected chi connectivity index (χ1v) is 10.4. The number of hydrogen-bond donors (Lipinski definition) is 2. The molecule has 0 amide bonds. The highest BCUT2D eigenvalue weighted by Gasteiger charge is 2.13. The number of rotatable bonds is 9. The molecule has 0 radical (unpaired) electrons. The van der Waals surface area contributed by atoms with Crippen molar-refractivity contribution in [2.75, 3.05) is 7.05 Å². The van der Waals surface area contributed by atoms with Crippen LogP contribution in [0.1, 0.15) is 49.6 Å². The van der Waals surface area contributed by atoms with E-state index in [0.29, 0.717) is 36.6 Å². The quantitative estimate of drug-likeness (QED) is 0.379. The van der Waals surface area contributed by atoms with Gasteiger partial charge in [0.25, 0.3) is 0 Å². The van der Waals surface area contributed by atoms with E-state index < -0.39 is 0 Å². The van der Waals surface area contributed by atoms with Crippen LogP contribution in [0.3, 0.4) is 0 Å². The van der Waals surface area contributed by atoms with Gasteiger partial charge >= 0.3 is 0 Å². The Morgan fingerprint density at radius 3 is 2.61 bits per heavy atom. The number of aromatic nitrogens is 2. The van der Waals surface area contributed by atoms with Gasteiger partial charge in [-0.15, -0.1) is 0 Å². The third-order valence-electron chi connectivity index (χ3n) is 4.91. The van der Waals surface area contributed by atoms with Crippen LogP contribution in [0.5, 0.6) is 11.6 Å². The van der Waals surface area contributed by atoms with Gasteiger partial charge in [0.2, 0.25) is 5.88 Å². The average Bonchev–Trinajstić information content (AvgIpc) is 3.24. The SMILES string of the molecule is CCC(CC)c1cc(CNC(=NC)NCc2ccc(Oc3cccc(F)c3)nc2)on1. The van der Waals surface area contributed by atoms with E-state index in [0.717, 1.165) is 29.9 Å². The van der Waals surface area contributed by atoms with Crippen LogP contribution in [0.25, 0.3) is 0 Å². The van der Waals surface area contributed by atoms with Crippen LogP contribution in [0.15, 0.2) is 58.2 Å². The molecule has 0 spiro atoms. The van der Waals surface area contributed by atoms with Crippen molar-refractivity contribution in [3.63, 3.8) is 0 Å². The Bertz CT molecular complexity index is 984. The van der Waals surface area contributed by atoms with Gasteiger partial charge in [-0.05, 0) is 30.5 Å². The zero-order valence-electron chi connectivity index (χ0n) is 18.1. The lowest BCUT2D eigenvalue weighted by Gasteiger charge is -2.11. The molecule has 2 heterocycles. The van der Waals surface area contributed by atoms with Crippen molar-refractivity contribution in [1.82, 2.24) is 20.8 Å². The molecule has 1 aromatic carbocycles. The molecule has 0 aliphatic heterocycles. The number of ether oxygens (including phenoxy) is 1. The van der Waals surface area contributed by atoms with Gasteiger partial charge in [0.15, 0.2) is 11.7 Å². The van der Waals surface area contributed by atoms with Gasteiger partial charge in [0.1, 0.15) is 11.6 Å². The highest BCUT2D eigenvalue weighted by atomic mass is 19.1.